The molecule has 0 saturated heterocycles. The number of hydrogen-bond acceptors (Lipinski definition) is 6. The molecule has 20 heavy (non-hydrogen) atoms. The Morgan fingerprint density at radius 2 is 1.90 bits per heavy atom. The average Bonchev–Trinajstić information content (AvgIpc) is 2.36. The molecule has 0 aliphatic rings. The lowest BCUT2D eigenvalue weighted by atomic mass is 10.2. The molecule has 0 spiro atoms. The number of phenols is 1. The predicted molar refractivity (Wildman–Crippen MR) is 68.0 cm³/mol. The van der Waals surface area contributed by atoms with E-state index in [4.69, 9.17) is 5.11 Å². The van der Waals surface area contributed by atoms with Crippen LogP contribution < -0.4 is 5.56 Å². The number of nitrogens with zero attached hydrogens (tertiary/aromatic N) is 2. The third kappa shape index (κ3) is 2.80. The molecule has 2 rings (SSSR count). The van der Waals surface area contributed by atoms with Gasteiger partial charge in [0.25, 0.3) is 5.56 Å². The van der Waals surface area contributed by atoms with Crippen LogP contribution in [-0.2, 0) is 0 Å². The van der Waals surface area contributed by atoms with E-state index in [1.807, 2.05) is 4.98 Å². The molecule has 0 atom stereocenters. The monoisotopic (exact) mass is 275 g/mol. The smallest absolute Gasteiger partial charge is 0.338 e. The number of carboxylic acids is 1. The zero-order chi connectivity index (χ0) is 14.7. The minimum Gasteiger partial charge on any atom is -0.508 e. The Labute approximate surface area is 111 Å². The molecule has 0 aliphatic carbocycles. The number of azo groups is 1. The van der Waals surface area contributed by atoms with Gasteiger partial charge in [-0.1, -0.05) is 6.07 Å². The Hall–Kier alpha value is -3.16. The van der Waals surface area contributed by atoms with Crippen molar-refractivity contribution in [3.63, 3.8) is 0 Å². The third-order valence-corrected chi connectivity index (χ3v) is 2.32. The van der Waals surface area contributed by atoms with E-state index in [0.29, 0.717) is 0 Å². The van der Waals surface area contributed by atoms with Crippen molar-refractivity contribution in [2.24, 2.45) is 10.2 Å². The molecule has 0 radical (unpaired) electrons. The molecule has 0 bridgehead atoms. The summed E-state index contributed by atoms with van der Waals surface area (Å²) in [7, 11) is 0. The number of H-pyrrole nitrogens is 1. The van der Waals surface area contributed by atoms with Gasteiger partial charge < -0.3 is 15.3 Å². The van der Waals surface area contributed by atoms with Gasteiger partial charge in [0, 0.05) is 12.1 Å². The van der Waals surface area contributed by atoms with Crippen LogP contribution >= 0.6 is 0 Å². The second kappa shape index (κ2) is 5.22. The van der Waals surface area contributed by atoms with E-state index in [9.17, 15) is 19.8 Å². The maximum absolute atomic E-state index is 11.1. The Morgan fingerprint density at radius 1 is 1.15 bits per heavy atom. The predicted octanol–water partition coefficient (Wildman–Crippen LogP) is 1.90. The largest absolute Gasteiger partial charge is 0.508 e. The van der Waals surface area contributed by atoms with Gasteiger partial charge in [-0.15, -0.1) is 5.11 Å². The van der Waals surface area contributed by atoms with Gasteiger partial charge >= 0.3 is 5.97 Å². The number of hydrogen-bond donors (Lipinski definition) is 4. The maximum atomic E-state index is 11.1. The summed E-state index contributed by atoms with van der Waals surface area (Å²) in [6.45, 7) is 0. The van der Waals surface area contributed by atoms with Gasteiger partial charge in [0.2, 0.25) is 5.88 Å². The number of carboxylic acid groups (broad SMARTS) is 1. The zero-order valence-electron chi connectivity index (χ0n) is 9.94. The number of aromatic nitrogens is 1. The Bertz CT molecular complexity index is 751. The van der Waals surface area contributed by atoms with Crippen LogP contribution in [0, 0.1) is 0 Å². The molecule has 0 fully saturated rings. The van der Waals surface area contributed by atoms with Gasteiger partial charge in [-0.25, -0.2) is 4.79 Å². The summed E-state index contributed by atoms with van der Waals surface area (Å²) in [5, 5.41) is 35.0. The van der Waals surface area contributed by atoms with E-state index in [0.717, 1.165) is 6.07 Å². The van der Waals surface area contributed by atoms with E-state index in [-0.39, 0.29) is 17.1 Å². The third-order valence-electron chi connectivity index (χ3n) is 2.32. The Kier molecular flexibility index (Phi) is 3.47. The number of benzene rings is 1. The van der Waals surface area contributed by atoms with Gasteiger partial charge in [0.05, 0.1) is 11.3 Å². The molecule has 2 aromatic rings. The first-order chi connectivity index (χ1) is 9.47. The minimum absolute atomic E-state index is 0.0365. The quantitative estimate of drug-likeness (QED) is 0.634. The lowest BCUT2D eigenvalue weighted by Crippen LogP contribution is -2.09. The highest BCUT2D eigenvalue weighted by molar-refractivity contribution is 5.94. The second-order valence-electron chi connectivity index (χ2n) is 3.77. The van der Waals surface area contributed by atoms with Gasteiger partial charge in [0.1, 0.15) is 5.75 Å². The number of aromatic carboxylic acids is 1. The summed E-state index contributed by atoms with van der Waals surface area (Å²) in [5.41, 5.74) is -1.36. The van der Waals surface area contributed by atoms with Crippen LogP contribution in [0.3, 0.4) is 0 Å². The minimum atomic E-state index is -1.42. The van der Waals surface area contributed by atoms with Crippen molar-refractivity contribution in [2.75, 3.05) is 0 Å². The number of rotatable bonds is 3. The van der Waals surface area contributed by atoms with Gasteiger partial charge in [0.15, 0.2) is 5.69 Å². The summed E-state index contributed by atoms with van der Waals surface area (Å²) in [6, 6.07) is 6.56. The molecule has 8 heteroatoms. The van der Waals surface area contributed by atoms with Crippen molar-refractivity contribution in [1.29, 1.82) is 0 Å². The number of pyridine rings is 1. The molecule has 1 aromatic carbocycles. The molecule has 1 heterocycles. The first-order valence-electron chi connectivity index (χ1n) is 5.37. The number of aromatic amines is 1. The van der Waals surface area contributed by atoms with E-state index in [1.54, 1.807) is 0 Å². The van der Waals surface area contributed by atoms with Crippen LogP contribution in [0.4, 0.5) is 11.4 Å². The summed E-state index contributed by atoms with van der Waals surface area (Å²) in [4.78, 5) is 24.1. The summed E-state index contributed by atoms with van der Waals surface area (Å²) in [5.74, 6) is -2.15. The Morgan fingerprint density at radius 3 is 2.55 bits per heavy atom. The molecule has 0 saturated carbocycles. The number of phenolic OH excluding ortho intramolecular Hbond substituents is 1. The summed E-state index contributed by atoms with van der Waals surface area (Å²) in [6.07, 6.45) is 0. The first kappa shape index (κ1) is 13.3. The zero-order valence-corrected chi connectivity index (χ0v) is 9.94. The molecule has 4 N–H and O–H groups in total. The van der Waals surface area contributed by atoms with Crippen molar-refractivity contribution in [3.05, 3.63) is 46.2 Å². The Balaban J connectivity index is 2.48. The van der Waals surface area contributed by atoms with Crippen molar-refractivity contribution in [1.82, 2.24) is 4.98 Å². The average molecular weight is 275 g/mol. The van der Waals surface area contributed by atoms with Gasteiger partial charge in [-0.2, -0.15) is 5.11 Å². The normalized spacial score (nSPS) is 10.8. The van der Waals surface area contributed by atoms with Crippen LogP contribution in [-0.4, -0.2) is 26.3 Å². The van der Waals surface area contributed by atoms with Crippen molar-refractivity contribution in [3.8, 4) is 11.6 Å². The topological polar surface area (TPSA) is 135 Å². The molecule has 8 nitrogen and oxygen atoms in total. The van der Waals surface area contributed by atoms with Crippen LogP contribution in [0.2, 0.25) is 0 Å². The first-order valence-corrected chi connectivity index (χ1v) is 5.37. The fourth-order valence-corrected chi connectivity index (χ4v) is 1.47. The molecule has 0 amide bonds. The number of aromatic hydroxyl groups is 2. The van der Waals surface area contributed by atoms with Gasteiger partial charge in [-0.05, 0) is 12.1 Å². The van der Waals surface area contributed by atoms with Gasteiger partial charge in [-0.3, -0.25) is 9.78 Å². The molecular formula is C12H9N3O5. The lowest BCUT2D eigenvalue weighted by Gasteiger charge is -2.01. The standard InChI is InChI=1S/C12H9N3O5/c16-7-3-1-2-6(4-7)14-15-10-8(12(19)20)5-9(17)13-11(10)18/h1-5,16H,(H,19,20)(H2,13,17,18). The highest BCUT2D eigenvalue weighted by atomic mass is 16.4. The maximum Gasteiger partial charge on any atom is 0.338 e. The van der Waals surface area contributed by atoms with Crippen molar-refractivity contribution in [2.45, 2.75) is 0 Å². The molecule has 102 valence electrons. The van der Waals surface area contributed by atoms with E-state index in [1.165, 1.54) is 24.3 Å². The van der Waals surface area contributed by atoms with Crippen LogP contribution in [0.5, 0.6) is 11.6 Å². The molecular weight excluding hydrogens is 266 g/mol. The summed E-state index contributed by atoms with van der Waals surface area (Å²) < 4.78 is 0. The fourth-order valence-electron chi connectivity index (χ4n) is 1.47. The van der Waals surface area contributed by atoms with E-state index in [2.05, 4.69) is 10.2 Å². The highest BCUT2D eigenvalue weighted by Gasteiger charge is 2.15. The molecule has 0 unspecified atom stereocenters. The van der Waals surface area contributed by atoms with Crippen LogP contribution in [0.15, 0.2) is 45.4 Å². The van der Waals surface area contributed by atoms with Crippen LogP contribution in [0.1, 0.15) is 10.4 Å². The lowest BCUT2D eigenvalue weighted by molar-refractivity contribution is 0.0697. The van der Waals surface area contributed by atoms with Crippen molar-refractivity contribution < 1.29 is 20.1 Å². The van der Waals surface area contributed by atoms with E-state index >= 15 is 0 Å². The number of nitrogens with one attached hydrogen (secondary N) is 1. The highest BCUT2D eigenvalue weighted by Crippen LogP contribution is 2.29. The van der Waals surface area contributed by atoms with Crippen LogP contribution in [0.25, 0.3) is 0 Å². The van der Waals surface area contributed by atoms with Crippen molar-refractivity contribution >= 4 is 17.3 Å². The molecule has 1 aromatic heterocycles. The fraction of sp³-hybridized carbons (Fsp3) is 0. The van der Waals surface area contributed by atoms with E-state index < -0.39 is 23.0 Å². The summed E-state index contributed by atoms with van der Waals surface area (Å²) >= 11 is 0. The number of carbonyl (C=O) groups is 1. The molecule has 0 aliphatic heterocycles. The SMILES string of the molecule is O=C(O)c1cc(=O)[nH]c(O)c1N=Nc1cccc(O)c1. The second-order valence-corrected chi connectivity index (χ2v) is 3.77.